The van der Waals surface area contributed by atoms with Gasteiger partial charge in [0.15, 0.2) is 0 Å². The first-order valence-electron chi connectivity index (χ1n) is 5.95. The first-order chi connectivity index (χ1) is 8.35. The molecule has 0 saturated heterocycles. The Kier molecular flexibility index (Phi) is 4.86. The first kappa shape index (κ1) is 14.7. The summed E-state index contributed by atoms with van der Waals surface area (Å²) in [6, 6.07) is 0. The number of nitrogens with zero attached hydrogens (tertiary/aromatic N) is 2. The van der Waals surface area contributed by atoms with Crippen LogP contribution >= 0.6 is 0 Å². The van der Waals surface area contributed by atoms with Crippen LogP contribution in [0.4, 0.5) is 8.78 Å². The maximum atomic E-state index is 13.0. The van der Waals surface area contributed by atoms with Gasteiger partial charge in [0.05, 0.1) is 0 Å². The lowest BCUT2D eigenvalue weighted by Crippen LogP contribution is -2.38. The number of amidine groups is 1. The van der Waals surface area contributed by atoms with Crippen LogP contribution in [0.2, 0.25) is 0 Å². The summed E-state index contributed by atoms with van der Waals surface area (Å²) in [5.74, 6) is -3.05. The number of halogens is 2. The van der Waals surface area contributed by atoms with Gasteiger partial charge in [-0.25, -0.2) is 8.78 Å². The molecule has 1 saturated carbocycles. The minimum absolute atomic E-state index is 0.0461. The highest BCUT2D eigenvalue weighted by atomic mass is 19.3. The van der Waals surface area contributed by atoms with Crippen molar-refractivity contribution in [2.75, 3.05) is 13.6 Å². The molecule has 1 rings (SSSR count). The Morgan fingerprint density at radius 2 is 2.06 bits per heavy atom. The van der Waals surface area contributed by atoms with Gasteiger partial charge in [-0.2, -0.15) is 0 Å². The third-order valence-corrected chi connectivity index (χ3v) is 3.27. The second kappa shape index (κ2) is 5.97. The fourth-order valence-corrected chi connectivity index (χ4v) is 2.04. The molecule has 0 aromatic rings. The highest BCUT2D eigenvalue weighted by Gasteiger charge is 2.38. The van der Waals surface area contributed by atoms with Crippen molar-refractivity contribution in [1.29, 1.82) is 0 Å². The van der Waals surface area contributed by atoms with E-state index in [0.717, 1.165) is 0 Å². The number of alkyl halides is 2. The number of nitrogens with two attached hydrogens (primary N) is 1. The van der Waals surface area contributed by atoms with Crippen LogP contribution in [0.5, 0.6) is 0 Å². The number of carbonyl (C=O) groups excluding carboxylic acids is 1. The van der Waals surface area contributed by atoms with Gasteiger partial charge in [-0.05, 0) is 12.8 Å². The molecule has 7 heteroatoms. The maximum Gasteiger partial charge on any atom is 0.248 e. The molecule has 0 radical (unpaired) electrons. The maximum absolute atomic E-state index is 13.0. The van der Waals surface area contributed by atoms with Crippen molar-refractivity contribution in [3.05, 3.63) is 0 Å². The molecule has 3 N–H and O–H groups in total. The van der Waals surface area contributed by atoms with Crippen molar-refractivity contribution in [2.45, 2.75) is 38.0 Å². The van der Waals surface area contributed by atoms with Gasteiger partial charge in [0.1, 0.15) is 5.84 Å². The van der Waals surface area contributed by atoms with Crippen molar-refractivity contribution < 1.29 is 18.8 Å². The Hall–Kier alpha value is -1.40. The Labute approximate surface area is 105 Å². The standard InChI is InChI=1S/C11H19F2N3O2/c1-16(7-4-9(14)15-18)10(17)8-2-5-11(12,13)6-3-8/h8,18H,2-7H2,1H3,(H2,14,15). The Morgan fingerprint density at radius 1 is 1.50 bits per heavy atom. The van der Waals surface area contributed by atoms with Gasteiger partial charge in [-0.1, -0.05) is 5.16 Å². The molecular weight excluding hydrogens is 244 g/mol. The molecule has 0 bridgehead atoms. The zero-order valence-corrected chi connectivity index (χ0v) is 10.4. The summed E-state index contributed by atoms with van der Waals surface area (Å²) in [6.07, 6.45) is 0.260. The molecule has 5 nitrogen and oxygen atoms in total. The van der Waals surface area contributed by atoms with E-state index in [1.165, 1.54) is 4.90 Å². The predicted octanol–water partition coefficient (Wildman–Crippen LogP) is 1.41. The highest BCUT2D eigenvalue weighted by molar-refractivity contribution is 5.82. The summed E-state index contributed by atoms with van der Waals surface area (Å²) in [7, 11) is 1.60. The van der Waals surface area contributed by atoms with Crippen LogP contribution < -0.4 is 5.73 Å². The van der Waals surface area contributed by atoms with Crippen LogP contribution in [0.15, 0.2) is 5.16 Å². The van der Waals surface area contributed by atoms with Crippen LogP contribution in [0.1, 0.15) is 32.1 Å². The minimum Gasteiger partial charge on any atom is -0.409 e. The zero-order valence-electron chi connectivity index (χ0n) is 10.4. The summed E-state index contributed by atoms with van der Waals surface area (Å²) >= 11 is 0. The molecular formula is C11H19F2N3O2. The fraction of sp³-hybridized carbons (Fsp3) is 0.818. The van der Waals surface area contributed by atoms with E-state index in [1.807, 2.05) is 0 Å². The Bertz CT molecular complexity index is 324. The van der Waals surface area contributed by atoms with Gasteiger partial charge in [-0.3, -0.25) is 4.79 Å². The topological polar surface area (TPSA) is 78.9 Å². The van der Waals surface area contributed by atoms with Crippen LogP contribution in [0, 0.1) is 5.92 Å². The van der Waals surface area contributed by atoms with E-state index in [2.05, 4.69) is 5.16 Å². The Morgan fingerprint density at radius 3 is 2.56 bits per heavy atom. The second-order valence-electron chi connectivity index (χ2n) is 4.73. The van der Waals surface area contributed by atoms with Crippen LogP contribution in [-0.2, 0) is 4.79 Å². The number of hydrogen-bond acceptors (Lipinski definition) is 3. The molecule has 0 spiro atoms. The van der Waals surface area contributed by atoms with Crippen LogP contribution in [-0.4, -0.2) is 41.4 Å². The smallest absolute Gasteiger partial charge is 0.248 e. The van der Waals surface area contributed by atoms with Crippen molar-refractivity contribution in [2.24, 2.45) is 16.8 Å². The molecule has 18 heavy (non-hydrogen) atoms. The van der Waals surface area contributed by atoms with Gasteiger partial charge in [0.25, 0.3) is 0 Å². The van der Waals surface area contributed by atoms with E-state index in [4.69, 9.17) is 10.9 Å². The van der Waals surface area contributed by atoms with E-state index < -0.39 is 5.92 Å². The van der Waals surface area contributed by atoms with Gasteiger partial charge in [0, 0.05) is 38.8 Å². The molecule has 0 aromatic carbocycles. The van der Waals surface area contributed by atoms with Gasteiger partial charge in [0.2, 0.25) is 11.8 Å². The predicted molar refractivity (Wildman–Crippen MR) is 62.6 cm³/mol. The third-order valence-electron chi connectivity index (χ3n) is 3.27. The summed E-state index contributed by atoms with van der Waals surface area (Å²) in [5.41, 5.74) is 5.30. The largest absolute Gasteiger partial charge is 0.409 e. The van der Waals surface area contributed by atoms with Crippen molar-refractivity contribution in [3.63, 3.8) is 0 Å². The summed E-state index contributed by atoms with van der Waals surface area (Å²) in [5, 5.41) is 11.2. The molecule has 0 unspecified atom stereocenters. The van der Waals surface area contributed by atoms with Gasteiger partial charge >= 0.3 is 0 Å². The minimum atomic E-state index is -2.62. The zero-order chi connectivity index (χ0) is 13.8. The second-order valence-corrected chi connectivity index (χ2v) is 4.73. The lowest BCUT2D eigenvalue weighted by molar-refractivity contribution is -0.138. The average molecular weight is 263 g/mol. The summed E-state index contributed by atoms with van der Waals surface area (Å²) < 4.78 is 25.9. The van der Waals surface area contributed by atoms with E-state index in [9.17, 15) is 13.6 Å². The Balaban J connectivity index is 2.40. The lowest BCUT2D eigenvalue weighted by atomic mass is 9.86. The van der Waals surface area contributed by atoms with Crippen LogP contribution in [0.25, 0.3) is 0 Å². The first-order valence-corrected chi connectivity index (χ1v) is 5.95. The monoisotopic (exact) mass is 263 g/mol. The van der Waals surface area contributed by atoms with Gasteiger partial charge < -0.3 is 15.8 Å². The molecule has 1 aliphatic carbocycles. The van der Waals surface area contributed by atoms with Crippen LogP contribution in [0.3, 0.4) is 0 Å². The summed E-state index contributed by atoms with van der Waals surface area (Å²) in [6.45, 7) is 0.321. The molecule has 1 fully saturated rings. The number of oxime groups is 1. The molecule has 0 atom stereocenters. The third kappa shape index (κ3) is 4.12. The van der Waals surface area contributed by atoms with E-state index >= 15 is 0 Å². The van der Waals surface area contributed by atoms with Gasteiger partial charge in [-0.15, -0.1) is 0 Å². The molecule has 1 amide bonds. The molecule has 0 aliphatic heterocycles. The molecule has 1 aliphatic rings. The fourth-order valence-electron chi connectivity index (χ4n) is 2.04. The van der Waals surface area contributed by atoms with Crippen molar-refractivity contribution in [3.8, 4) is 0 Å². The lowest BCUT2D eigenvalue weighted by Gasteiger charge is -2.30. The van der Waals surface area contributed by atoms with E-state index in [-0.39, 0.29) is 49.8 Å². The SMILES string of the molecule is CN(CCC(N)=NO)C(=O)C1CCC(F)(F)CC1. The molecule has 104 valence electrons. The van der Waals surface area contributed by atoms with E-state index in [1.54, 1.807) is 7.05 Å². The number of amides is 1. The van der Waals surface area contributed by atoms with E-state index in [0.29, 0.717) is 6.54 Å². The quantitative estimate of drug-likeness (QED) is 0.348. The number of carbonyl (C=O) groups is 1. The van der Waals surface area contributed by atoms with Crippen molar-refractivity contribution >= 4 is 11.7 Å². The molecule has 0 aromatic heterocycles. The normalized spacial score (nSPS) is 20.7. The van der Waals surface area contributed by atoms with Crippen molar-refractivity contribution in [1.82, 2.24) is 4.90 Å². The number of rotatable bonds is 4. The molecule has 0 heterocycles. The average Bonchev–Trinajstić information content (AvgIpc) is 2.34. The summed E-state index contributed by atoms with van der Waals surface area (Å²) in [4.78, 5) is 13.4. The highest BCUT2D eigenvalue weighted by Crippen LogP contribution is 2.36. The number of hydrogen-bond donors (Lipinski definition) is 2.